The van der Waals surface area contributed by atoms with Gasteiger partial charge in [-0.15, -0.1) is 11.3 Å². The molecule has 0 bridgehead atoms. The van der Waals surface area contributed by atoms with Crippen LogP contribution in [0.2, 0.25) is 0 Å². The van der Waals surface area contributed by atoms with Gasteiger partial charge in [0.15, 0.2) is 11.5 Å². The molecule has 7 heteroatoms. The Bertz CT molecular complexity index is 907. The summed E-state index contributed by atoms with van der Waals surface area (Å²) in [6.45, 7) is 3.63. The Labute approximate surface area is 162 Å². The van der Waals surface area contributed by atoms with Gasteiger partial charge in [0.2, 0.25) is 11.8 Å². The van der Waals surface area contributed by atoms with Crippen LogP contribution in [0.25, 0.3) is 10.4 Å². The van der Waals surface area contributed by atoms with E-state index in [4.69, 9.17) is 4.74 Å². The molecule has 1 unspecified atom stereocenters. The van der Waals surface area contributed by atoms with Crippen molar-refractivity contribution in [2.45, 2.75) is 19.9 Å². The molecule has 0 saturated carbocycles. The predicted molar refractivity (Wildman–Crippen MR) is 103 cm³/mol. The standard InChI is InChI=1S/C20H22N2O4S/c1-12-3-4-17(27-12)13-7-14-11-22(5-6-26-19(14)16(23)8-13)20(25)15-9-18(24)21(2)10-15/h3-4,7-8,15,23H,5-6,9-11H2,1-2H3. The number of carbonyl (C=O) groups is 2. The van der Waals surface area contributed by atoms with Crippen LogP contribution in [-0.2, 0) is 16.1 Å². The Balaban J connectivity index is 1.62. The molecule has 142 valence electrons. The molecule has 27 heavy (non-hydrogen) atoms. The number of aromatic hydroxyl groups is 1. The molecule has 2 aliphatic heterocycles. The summed E-state index contributed by atoms with van der Waals surface area (Å²) in [6.07, 6.45) is 0.263. The van der Waals surface area contributed by atoms with Gasteiger partial charge in [0.05, 0.1) is 12.5 Å². The number of likely N-dealkylation sites (tertiary alicyclic amines) is 1. The molecule has 2 aliphatic rings. The van der Waals surface area contributed by atoms with Crippen molar-refractivity contribution in [3.8, 4) is 21.9 Å². The first-order valence-corrected chi connectivity index (χ1v) is 9.82. The van der Waals surface area contributed by atoms with Crippen LogP contribution in [0.5, 0.6) is 11.5 Å². The van der Waals surface area contributed by atoms with Gasteiger partial charge >= 0.3 is 0 Å². The second-order valence-electron chi connectivity index (χ2n) is 7.18. The third kappa shape index (κ3) is 3.39. The first kappa shape index (κ1) is 17.9. The molecule has 1 aromatic heterocycles. The molecule has 1 fully saturated rings. The van der Waals surface area contributed by atoms with Crippen molar-refractivity contribution < 1.29 is 19.4 Å². The fourth-order valence-corrected chi connectivity index (χ4v) is 4.56. The number of phenolic OH excluding ortho intramolecular Hbond substituents is 1. The Morgan fingerprint density at radius 1 is 1.33 bits per heavy atom. The highest BCUT2D eigenvalue weighted by Gasteiger charge is 2.35. The highest BCUT2D eigenvalue weighted by atomic mass is 32.1. The van der Waals surface area contributed by atoms with Crippen LogP contribution >= 0.6 is 11.3 Å². The summed E-state index contributed by atoms with van der Waals surface area (Å²) < 4.78 is 5.74. The molecule has 1 aromatic carbocycles. The van der Waals surface area contributed by atoms with Gasteiger partial charge in [-0.2, -0.15) is 0 Å². The van der Waals surface area contributed by atoms with Gasteiger partial charge in [0, 0.05) is 41.9 Å². The van der Waals surface area contributed by atoms with E-state index in [1.54, 1.807) is 34.3 Å². The maximum absolute atomic E-state index is 12.9. The lowest BCUT2D eigenvalue weighted by Crippen LogP contribution is -2.38. The molecular weight excluding hydrogens is 364 g/mol. The van der Waals surface area contributed by atoms with E-state index in [2.05, 4.69) is 0 Å². The van der Waals surface area contributed by atoms with Crippen LogP contribution in [0, 0.1) is 12.8 Å². The molecule has 1 N–H and O–H groups in total. The number of carbonyl (C=O) groups excluding carboxylic acids is 2. The number of amides is 2. The fraction of sp³-hybridized carbons (Fsp3) is 0.400. The second-order valence-corrected chi connectivity index (χ2v) is 8.47. The largest absolute Gasteiger partial charge is 0.504 e. The van der Waals surface area contributed by atoms with Crippen molar-refractivity contribution in [1.29, 1.82) is 0 Å². The number of hydrogen-bond acceptors (Lipinski definition) is 5. The van der Waals surface area contributed by atoms with Crippen molar-refractivity contribution >= 4 is 23.2 Å². The summed E-state index contributed by atoms with van der Waals surface area (Å²) in [4.78, 5) is 30.3. The molecule has 2 amide bonds. The zero-order chi connectivity index (χ0) is 19.1. The minimum absolute atomic E-state index is 0.00724. The van der Waals surface area contributed by atoms with Crippen molar-refractivity contribution in [1.82, 2.24) is 9.80 Å². The van der Waals surface area contributed by atoms with Crippen LogP contribution in [0.4, 0.5) is 0 Å². The van der Waals surface area contributed by atoms with Gasteiger partial charge in [0.1, 0.15) is 6.61 Å². The summed E-state index contributed by atoms with van der Waals surface area (Å²) in [5.41, 5.74) is 1.71. The molecule has 6 nitrogen and oxygen atoms in total. The normalized spacial score (nSPS) is 19.6. The van der Waals surface area contributed by atoms with E-state index in [9.17, 15) is 14.7 Å². The molecule has 2 aromatic rings. The first-order chi connectivity index (χ1) is 12.9. The smallest absolute Gasteiger partial charge is 0.228 e. The number of thiophene rings is 1. The Hall–Kier alpha value is -2.54. The van der Waals surface area contributed by atoms with E-state index in [0.717, 1.165) is 16.0 Å². The number of ether oxygens (including phenoxy) is 1. The number of phenols is 1. The van der Waals surface area contributed by atoms with Crippen molar-refractivity contribution in [3.05, 3.63) is 34.7 Å². The fourth-order valence-electron chi connectivity index (χ4n) is 3.71. The predicted octanol–water partition coefficient (Wildman–Crippen LogP) is 2.63. The van der Waals surface area contributed by atoms with Gasteiger partial charge in [-0.3, -0.25) is 9.59 Å². The lowest BCUT2D eigenvalue weighted by Gasteiger charge is -2.23. The van der Waals surface area contributed by atoms with Crippen molar-refractivity contribution in [2.75, 3.05) is 26.7 Å². The van der Waals surface area contributed by atoms with E-state index in [1.165, 1.54) is 4.88 Å². The molecule has 1 saturated heterocycles. The molecule has 0 radical (unpaired) electrons. The molecule has 4 rings (SSSR count). The second kappa shape index (κ2) is 6.88. The van der Waals surface area contributed by atoms with Crippen LogP contribution in [0.3, 0.4) is 0 Å². The lowest BCUT2D eigenvalue weighted by atomic mass is 10.0. The third-order valence-electron chi connectivity index (χ3n) is 5.14. The number of benzene rings is 1. The van der Waals surface area contributed by atoms with Crippen LogP contribution < -0.4 is 4.74 Å². The number of hydrogen-bond donors (Lipinski definition) is 1. The molecule has 1 atom stereocenters. The molecule has 3 heterocycles. The lowest BCUT2D eigenvalue weighted by molar-refractivity contribution is -0.136. The first-order valence-electron chi connectivity index (χ1n) is 9.00. The summed E-state index contributed by atoms with van der Waals surface area (Å²) in [7, 11) is 1.73. The van der Waals surface area contributed by atoms with Crippen LogP contribution in [-0.4, -0.2) is 53.5 Å². The summed E-state index contributed by atoms with van der Waals surface area (Å²) in [6, 6.07) is 7.77. The monoisotopic (exact) mass is 386 g/mol. The van der Waals surface area contributed by atoms with E-state index >= 15 is 0 Å². The zero-order valence-electron chi connectivity index (χ0n) is 15.4. The van der Waals surface area contributed by atoms with Gasteiger partial charge in [-0.25, -0.2) is 0 Å². The van der Waals surface area contributed by atoms with Crippen molar-refractivity contribution in [2.24, 2.45) is 5.92 Å². The Morgan fingerprint density at radius 3 is 2.81 bits per heavy atom. The van der Waals surface area contributed by atoms with E-state index in [0.29, 0.717) is 32.0 Å². The summed E-state index contributed by atoms with van der Waals surface area (Å²) in [5, 5.41) is 10.5. The summed E-state index contributed by atoms with van der Waals surface area (Å²) in [5.74, 6) is 0.218. The highest BCUT2D eigenvalue weighted by molar-refractivity contribution is 7.15. The van der Waals surface area contributed by atoms with Crippen LogP contribution in [0.1, 0.15) is 16.9 Å². The SMILES string of the molecule is Cc1ccc(-c2cc(O)c3c(c2)CN(C(=O)C2CC(=O)N(C)C2)CCO3)s1. The van der Waals surface area contributed by atoms with Crippen LogP contribution in [0.15, 0.2) is 24.3 Å². The van der Waals surface area contributed by atoms with Gasteiger partial charge in [0.25, 0.3) is 0 Å². The van der Waals surface area contributed by atoms with E-state index in [-0.39, 0.29) is 29.9 Å². The average Bonchev–Trinajstić information content (AvgIpc) is 3.13. The Morgan fingerprint density at radius 2 is 2.15 bits per heavy atom. The van der Waals surface area contributed by atoms with Gasteiger partial charge < -0.3 is 19.6 Å². The maximum Gasteiger partial charge on any atom is 0.228 e. The van der Waals surface area contributed by atoms with Gasteiger partial charge in [-0.1, -0.05) is 0 Å². The maximum atomic E-state index is 12.9. The van der Waals surface area contributed by atoms with Gasteiger partial charge in [-0.05, 0) is 36.8 Å². The minimum Gasteiger partial charge on any atom is -0.504 e. The molecule has 0 aliphatic carbocycles. The quantitative estimate of drug-likeness (QED) is 0.861. The minimum atomic E-state index is -0.305. The number of rotatable bonds is 2. The van der Waals surface area contributed by atoms with E-state index in [1.807, 2.05) is 25.1 Å². The third-order valence-corrected chi connectivity index (χ3v) is 6.19. The average molecular weight is 386 g/mol. The number of fused-ring (bicyclic) bond motifs is 1. The van der Waals surface area contributed by atoms with E-state index < -0.39 is 0 Å². The summed E-state index contributed by atoms with van der Waals surface area (Å²) >= 11 is 1.66. The molecule has 0 spiro atoms. The topological polar surface area (TPSA) is 70.1 Å². The number of nitrogens with zero attached hydrogens (tertiary/aromatic N) is 2. The number of aryl methyl sites for hydroxylation is 1. The zero-order valence-corrected chi connectivity index (χ0v) is 16.2. The Kier molecular flexibility index (Phi) is 4.55. The molecular formula is C20H22N2O4S. The van der Waals surface area contributed by atoms with Crippen molar-refractivity contribution in [3.63, 3.8) is 0 Å². The highest BCUT2D eigenvalue weighted by Crippen LogP contribution is 2.39.